The summed E-state index contributed by atoms with van der Waals surface area (Å²) in [4.78, 5) is 0. The quantitative estimate of drug-likeness (QED) is 0.258. The molecule has 0 saturated heterocycles. The van der Waals surface area contributed by atoms with Crippen LogP contribution in [0.2, 0.25) is 0 Å². The summed E-state index contributed by atoms with van der Waals surface area (Å²) in [5, 5.41) is 0. The molecule has 0 spiro atoms. The van der Waals surface area contributed by atoms with Crippen molar-refractivity contribution in [2.24, 2.45) is 23.7 Å². The van der Waals surface area contributed by atoms with Gasteiger partial charge in [-0.2, -0.15) is 0 Å². The molecule has 0 aliphatic carbocycles. The zero-order valence-electron chi connectivity index (χ0n) is 16.1. The summed E-state index contributed by atoms with van der Waals surface area (Å²) in [6, 6.07) is 0. The van der Waals surface area contributed by atoms with Gasteiger partial charge in [0.05, 0.1) is 0 Å². The van der Waals surface area contributed by atoms with Crippen molar-refractivity contribution in [1.29, 1.82) is 0 Å². The van der Waals surface area contributed by atoms with Crippen LogP contribution in [0.3, 0.4) is 0 Å². The largest absolute Gasteiger partial charge is 0.103 e. The van der Waals surface area contributed by atoms with Crippen molar-refractivity contribution < 1.29 is 0 Å². The highest BCUT2D eigenvalue weighted by Gasteiger charge is 2.14. The van der Waals surface area contributed by atoms with Crippen LogP contribution < -0.4 is 0 Å². The molecule has 130 valence electrons. The second kappa shape index (κ2) is 13.2. The third kappa shape index (κ3) is 11.9. The molecule has 0 radical (unpaired) electrons. The van der Waals surface area contributed by atoms with E-state index in [1.807, 2.05) is 6.08 Å². The van der Waals surface area contributed by atoms with E-state index in [1.165, 1.54) is 18.4 Å². The van der Waals surface area contributed by atoms with Gasteiger partial charge in [0.1, 0.15) is 0 Å². The van der Waals surface area contributed by atoms with Gasteiger partial charge in [-0.3, -0.25) is 0 Å². The van der Waals surface area contributed by atoms with E-state index in [1.54, 1.807) is 0 Å². The molecule has 0 aliphatic heterocycles. The standard InChI is InChI=1S/C23H38/c1-8-10-11-15-23(20(5)6)18-22(9-2)14-12-13-21(7)17-16-19(3)4/h8-9,11,13,15-17,19-20,22-23H,1-2,10,12,14,18H2,3-7H3. The van der Waals surface area contributed by atoms with E-state index in [0.717, 1.165) is 12.8 Å². The normalized spacial score (nSPS) is 15.7. The van der Waals surface area contributed by atoms with Crippen LogP contribution in [-0.4, -0.2) is 0 Å². The van der Waals surface area contributed by atoms with Crippen molar-refractivity contribution in [2.75, 3.05) is 0 Å². The molecular formula is C23H38. The SMILES string of the molecule is C=CCC=CC(CC(C=C)CCC=C(C)C=CC(C)C)C(C)C. The lowest BCUT2D eigenvalue weighted by Gasteiger charge is -2.21. The maximum atomic E-state index is 4.05. The van der Waals surface area contributed by atoms with Crippen molar-refractivity contribution in [2.45, 2.75) is 60.3 Å². The van der Waals surface area contributed by atoms with Crippen molar-refractivity contribution >= 4 is 0 Å². The first kappa shape index (κ1) is 21.7. The summed E-state index contributed by atoms with van der Waals surface area (Å²) in [5.41, 5.74) is 1.37. The topological polar surface area (TPSA) is 0 Å². The minimum atomic E-state index is 0.592. The second-order valence-electron chi connectivity index (χ2n) is 7.22. The summed E-state index contributed by atoms with van der Waals surface area (Å²) in [6.45, 7) is 19.1. The Bertz CT molecular complexity index is 404. The molecule has 23 heavy (non-hydrogen) atoms. The van der Waals surface area contributed by atoms with E-state index < -0.39 is 0 Å². The van der Waals surface area contributed by atoms with Crippen LogP contribution in [-0.2, 0) is 0 Å². The van der Waals surface area contributed by atoms with E-state index in [-0.39, 0.29) is 0 Å². The number of allylic oxidation sites excluding steroid dienone is 8. The molecule has 0 saturated carbocycles. The molecule has 2 unspecified atom stereocenters. The fourth-order valence-electron chi connectivity index (χ4n) is 2.54. The predicted molar refractivity (Wildman–Crippen MR) is 108 cm³/mol. The first-order valence-corrected chi connectivity index (χ1v) is 9.15. The van der Waals surface area contributed by atoms with Crippen molar-refractivity contribution in [1.82, 2.24) is 0 Å². The molecular weight excluding hydrogens is 276 g/mol. The Kier molecular flexibility index (Phi) is 12.4. The molecule has 0 aliphatic rings. The lowest BCUT2D eigenvalue weighted by molar-refractivity contribution is 0.375. The minimum absolute atomic E-state index is 0.592. The number of rotatable bonds is 12. The van der Waals surface area contributed by atoms with Gasteiger partial charge >= 0.3 is 0 Å². The van der Waals surface area contributed by atoms with Gasteiger partial charge in [-0.15, -0.1) is 13.2 Å². The Labute approximate surface area is 145 Å². The molecule has 2 atom stereocenters. The highest BCUT2D eigenvalue weighted by molar-refractivity contribution is 5.16. The van der Waals surface area contributed by atoms with Crippen LogP contribution >= 0.6 is 0 Å². The molecule has 0 aromatic carbocycles. The van der Waals surface area contributed by atoms with Crippen molar-refractivity contribution in [3.8, 4) is 0 Å². The Hall–Kier alpha value is -1.30. The number of hydrogen-bond donors (Lipinski definition) is 0. The Morgan fingerprint density at radius 2 is 1.74 bits per heavy atom. The molecule has 0 rings (SSSR count). The molecule has 0 amide bonds. The van der Waals surface area contributed by atoms with Crippen molar-refractivity contribution in [3.05, 3.63) is 61.3 Å². The number of hydrogen-bond acceptors (Lipinski definition) is 0. The maximum Gasteiger partial charge on any atom is -0.0172 e. The third-order valence-corrected chi connectivity index (χ3v) is 4.20. The van der Waals surface area contributed by atoms with Gasteiger partial charge in [-0.25, -0.2) is 0 Å². The predicted octanol–water partition coefficient (Wildman–Crippen LogP) is 7.52. The molecule has 0 aromatic rings. The highest BCUT2D eigenvalue weighted by atomic mass is 14.2. The zero-order chi connectivity index (χ0) is 17.7. The molecule has 0 heterocycles. The van der Waals surface area contributed by atoms with Gasteiger partial charge in [0.15, 0.2) is 0 Å². The van der Waals surface area contributed by atoms with E-state index in [4.69, 9.17) is 0 Å². The minimum Gasteiger partial charge on any atom is -0.103 e. The molecule has 0 bridgehead atoms. The second-order valence-corrected chi connectivity index (χ2v) is 7.22. The molecule has 0 nitrogen and oxygen atoms in total. The van der Waals surface area contributed by atoms with Crippen LogP contribution in [0, 0.1) is 23.7 Å². The van der Waals surface area contributed by atoms with Crippen LogP contribution in [0.25, 0.3) is 0 Å². The van der Waals surface area contributed by atoms with Crippen LogP contribution in [0.15, 0.2) is 61.3 Å². The summed E-state index contributed by atoms with van der Waals surface area (Å²) in [5.74, 6) is 2.51. The molecule has 0 heteroatoms. The van der Waals surface area contributed by atoms with Gasteiger partial charge in [0.25, 0.3) is 0 Å². The lowest BCUT2D eigenvalue weighted by atomic mass is 9.84. The van der Waals surface area contributed by atoms with Crippen LogP contribution in [0.5, 0.6) is 0 Å². The summed E-state index contributed by atoms with van der Waals surface area (Å²) >= 11 is 0. The van der Waals surface area contributed by atoms with Gasteiger partial charge < -0.3 is 0 Å². The fourth-order valence-corrected chi connectivity index (χ4v) is 2.54. The van der Waals surface area contributed by atoms with Gasteiger partial charge in [-0.1, -0.05) is 75.8 Å². The first-order valence-electron chi connectivity index (χ1n) is 9.15. The Morgan fingerprint density at radius 1 is 1.04 bits per heavy atom. The van der Waals surface area contributed by atoms with Crippen LogP contribution in [0.1, 0.15) is 60.3 Å². The van der Waals surface area contributed by atoms with Gasteiger partial charge in [0, 0.05) is 0 Å². The zero-order valence-corrected chi connectivity index (χ0v) is 16.1. The average Bonchev–Trinajstić information content (AvgIpc) is 2.50. The highest BCUT2D eigenvalue weighted by Crippen LogP contribution is 2.26. The average molecular weight is 315 g/mol. The summed E-state index contributed by atoms with van der Waals surface area (Å²) in [7, 11) is 0. The van der Waals surface area contributed by atoms with E-state index >= 15 is 0 Å². The van der Waals surface area contributed by atoms with E-state index in [0.29, 0.717) is 23.7 Å². The van der Waals surface area contributed by atoms with Gasteiger partial charge in [0.2, 0.25) is 0 Å². The molecule has 0 N–H and O–H groups in total. The smallest absolute Gasteiger partial charge is 0.0172 e. The summed E-state index contributed by atoms with van der Waals surface area (Å²) < 4.78 is 0. The molecule has 0 aromatic heterocycles. The van der Waals surface area contributed by atoms with Gasteiger partial charge in [-0.05, 0) is 56.3 Å². The Morgan fingerprint density at radius 3 is 2.26 bits per heavy atom. The van der Waals surface area contributed by atoms with E-state index in [2.05, 4.69) is 84.2 Å². The van der Waals surface area contributed by atoms with Crippen molar-refractivity contribution in [3.63, 3.8) is 0 Å². The van der Waals surface area contributed by atoms with E-state index in [9.17, 15) is 0 Å². The van der Waals surface area contributed by atoms with Crippen LogP contribution in [0.4, 0.5) is 0 Å². The fraction of sp³-hybridized carbons (Fsp3) is 0.565. The third-order valence-electron chi connectivity index (χ3n) is 4.20. The first-order chi connectivity index (χ1) is 10.9. The Balaban J connectivity index is 4.49. The summed E-state index contributed by atoms with van der Waals surface area (Å²) in [6.07, 6.45) is 20.1. The lowest BCUT2D eigenvalue weighted by Crippen LogP contribution is -2.11. The monoisotopic (exact) mass is 314 g/mol. The maximum absolute atomic E-state index is 4.05. The molecule has 0 fully saturated rings.